The van der Waals surface area contributed by atoms with Crippen molar-refractivity contribution in [2.45, 2.75) is 44.6 Å². The molecule has 174 valence electrons. The van der Waals surface area contributed by atoms with E-state index < -0.39 is 0 Å². The first-order valence-corrected chi connectivity index (χ1v) is 12.2. The fourth-order valence-electron chi connectivity index (χ4n) is 5.66. The van der Waals surface area contributed by atoms with Crippen LogP contribution in [0.1, 0.15) is 48.0 Å². The second-order valence-electron chi connectivity index (χ2n) is 9.69. The van der Waals surface area contributed by atoms with E-state index in [1.165, 1.54) is 19.3 Å². The topological polar surface area (TPSA) is 66.3 Å². The Balaban J connectivity index is 1.43. The van der Waals surface area contributed by atoms with Crippen molar-refractivity contribution in [2.75, 3.05) is 39.8 Å². The SMILES string of the molecule is Cc1cccc2c1c(C(=O)NCC1(N3CCN(C)CC3)CCCCC1)cn2-c1ncccn1. The van der Waals surface area contributed by atoms with Crippen LogP contribution in [0.5, 0.6) is 0 Å². The molecule has 0 unspecified atom stereocenters. The highest BCUT2D eigenvalue weighted by atomic mass is 16.1. The van der Waals surface area contributed by atoms with E-state index in [0.717, 1.165) is 55.5 Å². The first-order chi connectivity index (χ1) is 16.1. The second-order valence-corrected chi connectivity index (χ2v) is 9.69. The molecule has 0 bridgehead atoms. The standard InChI is InChI=1S/C26H34N6O/c1-20-8-6-9-22-23(20)21(18-32(22)25-27-12-7-13-28-25)24(33)29-19-26(10-4-3-5-11-26)31-16-14-30(2)15-17-31/h6-9,12-13,18H,3-5,10-11,14-17,19H2,1-2H3,(H,29,33). The largest absolute Gasteiger partial charge is 0.350 e. The van der Waals surface area contributed by atoms with Gasteiger partial charge in [-0.05, 0) is 44.5 Å². The van der Waals surface area contributed by atoms with E-state index in [1.54, 1.807) is 18.5 Å². The van der Waals surface area contributed by atoms with Crippen LogP contribution in [-0.4, -0.2) is 75.6 Å². The van der Waals surface area contributed by atoms with Crippen molar-refractivity contribution < 1.29 is 4.79 Å². The lowest BCUT2D eigenvalue weighted by molar-refractivity contribution is 0.0139. The molecule has 1 aromatic carbocycles. The van der Waals surface area contributed by atoms with Gasteiger partial charge in [0, 0.05) is 62.2 Å². The molecule has 0 spiro atoms. The number of fused-ring (bicyclic) bond motifs is 1. The Morgan fingerprint density at radius 1 is 1.03 bits per heavy atom. The lowest BCUT2D eigenvalue weighted by Crippen LogP contribution is -2.61. The summed E-state index contributed by atoms with van der Waals surface area (Å²) in [7, 11) is 2.20. The summed E-state index contributed by atoms with van der Waals surface area (Å²) in [6.07, 6.45) is 11.5. The smallest absolute Gasteiger partial charge is 0.253 e. The molecule has 7 heteroatoms. The molecule has 1 aliphatic heterocycles. The summed E-state index contributed by atoms with van der Waals surface area (Å²) in [5.74, 6) is 0.566. The summed E-state index contributed by atoms with van der Waals surface area (Å²) in [6, 6.07) is 7.91. The monoisotopic (exact) mass is 446 g/mol. The summed E-state index contributed by atoms with van der Waals surface area (Å²) < 4.78 is 1.92. The van der Waals surface area contributed by atoms with Crippen LogP contribution >= 0.6 is 0 Å². The molecule has 2 fully saturated rings. The van der Waals surface area contributed by atoms with Crippen LogP contribution in [0.3, 0.4) is 0 Å². The number of aromatic nitrogens is 3. The van der Waals surface area contributed by atoms with Gasteiger partial charge in [0.2, 0.25) is 5.95 Å². The number of hydrogen-bond donors (Lipinski definition) is 1. The number of nitrogens with one attached hydrogen (secondary N) is 1. The zero-order chi connectivity index (χ0) is 22.8. The molecule has 5 rings (SSSR count). The van der Waals surface area contributed by atoms with Gasteiger partial charge < -0.3 is 10.2 Å². The first kappa shape index (κ1) is 22.0. The van der Waals surface area contributed by atoms with Crippen LogP contribution in [0.25, 0.3) is 16.9 Å². The number of amides is 1. The number of benzene rings is 1. The molecule has 3 aromatic rings. The van der Waals surface area contributed by atoms with E-state index in [4.69, 9.17) is 0 Å². The van der Waals surface area contributed by atoms with Gasteiger partial charge in [-0.1, -0.05) is 31.4 Å². The Morgan fingerprint density at radius 3 is 2.48 bits per heavy atom. The number of likely N-dealkylation sites (N-methyl/N-ethyl adjacent to an activating group) is 1. The molecule has 1 aliphatic carbocycles. The maximum Gasteiger partial charge on any atom is 0.253 e. The summed E-state index contributed by atoms with van der Waals surface area (Å²) in [6.45, 7) is 7.11. The number of aryl methyl sites for hydroxylation is 1. The van der Waals surface area contributed by atoms with Crippen molar-refractivity contribution in [3.05, 3.63) is 54.0 Å². The Hall–Kier alpha value is -2.77. The summed E-state index contributed by atoms with van der Waals surface area (Å²) in [4.78, 5) is 27.4. The van der Waals surface area contributed by atoms with Gasteiger partial charge >= 0.3 is 0 Å². The molecule has 0 atom stereocenters. The van der Waals surface area contributed by atoms with E-state index in [2.05, 4.69) is 45.1 Å². The number of rotatable bonds is 5. The predicted molar refractivity (Wildman–Crippen MR) is 131 cm³/mol. The maximum atomic E-state index is 13.6. The normalized spacial score (nSPS) is 19.6. The Labute approximate surface area is 195 Å². The van der Waals surface area contributed by atoms with Gasteiger partial charge in [0.05, 0.1) is 11.1 Å². The van der Waals surface area contributed by atoms with Gasteiger partial charge in [-0.15, -0.1) is 0 Å². The Bertz CT molecular complexity index is 1110. The summed E-state index contributed by atoms with van der Waals surface area (Å²) >= 11 is 0. The van der Waals surface area contributed by atoms with E-state index in [1.807, 2.05) is 22.9 Å². The van der Waals surface area contributed by atoms with Crippen LogP contribution in [0, 0.1) is 6.92 Å². The van der Waals surface area contributed by atoms with Gasteiger partial charge in [-0.3, -0.25) is 14.3 Å². The fraction of sp³-hybridized carbons (Fsp3) is 0.500. The van der Waals surface area contributed by atoms with Crippen molar-refractivity contribution >= 4 is 16.8 Å². The van der Waals surface area contributed by atoms with Crippen LogP contribution in [0.15, 0.2) is 42.9 Å². The number of piperazine rings is 1. The quantitative estimate of drug-likeness (QED) is 0.651. The molecule has 1 N–H and O–H groups in total. The first-order valence-electron chi connectivity index (χ1n) is 12.2. The minimum atomic E-state index is -0.0111. The van der Waals surface area contributed by atoms with Gasteiger partial charge in [0.25, 0.3) is 5.91 Å². The fourth-order valence-corrected chi connectivity index (χ4v) is 5.66. The molecule has 33 heavy (non-hydrogen) atoms. The number of hydrogen-bond acceptors (Lipinski definition) is 5. The van der Waals surface area contributed by atoms with Crippen molar-refractivity contribution in [1.29, 1.82) is 0 Å². The maximum absolute atomic E-state index is 13.6. The molecule has 1 saturated carbocycles. The molecular formula is C26H34N6O. The van der Waals surface area contributed by atoms with Crippen LogP contribution in [0.2, 0.25) is 0 Å². The van der Waals surface area contributed by atoms with Gasteiger partial charge in [0.1, 0.15) is 0 Å². The van der Waals surface area contributed by atoms with Gasteiger partial charge in [0.15, 0.2) is 0 Å². The van der Waals surface area contributed by atoms with E-state index in [9.17, 15) is 4.79 Å². The van der Waals surface area contributed by atoms with Crippen molar-refractivity contribution in [3.63, 3.8) is 0 Å². The van der Waals surface area contributed by atoms with Crippen molar-refractivity contribution in [3.8, 4) is 5.95 Å². The average molecular weight is 447 g/mol. The summed E-state index contributed by atoms with van der Waals surface area (Å²) in [5, 5.41) is 4.33. The van der Waals surface area contributed by atoms with Crippen LogP contribution in [0.4, 0.5) is 0 Å². The lowest BCUT2D eigenvalue weighted by atomic mass is 9.79. The van der Waals surface area contributed by atoms with Crippen LogP contribution in [-0.2, 0) is 0 Å². The second kappa shape index (κ2) is 9.23. The zero-order valence-corrected chi connectivity index (χ0v) is 19.8. The third-order valence-corrected chi connectivity index (χ3v) is 7.59. The highest BCUT2D eigenvalue weighted by molar-refractivity contribution is 6.08. The molecule has 2 aromatic heterocycles. The number of carbonyl (C=O) groups is 1. The summed E-state index contributed by atoms with van der Waals surface area (Å²) in [5.41, 5.74) is 2.81. The Morgan fingerprint density at radius 2 is 1.76 bits per heavy atom. The molecule has 1 amide bonds. The molecule has 2 aliphatic rings. The molecule has 7 nitrogen and oxygen atoms in total. The predicted octanol–water partition coefficient (Wildman–Crippen LogP) is 3.41. The van der Waals surface area contributed by atoms with Crippen LogP contribution < -0.4 is 5.32 Å². The molecular weight excluding hydrogens is 412 g/mol. The van der Waals surface area contributed by atoms with E-state index in [-0.39, 0.29) is 11.4 Å². The minimum Gasteiger partial charge on any atom is -0.350 e. The third kappa shape index (κ3) is 4.27. The third-order valence-electron chi connectivity index (χ3n) is 7.59. The minimum absolute atomic E-state index is 0.0111. The molecule has 1 saturated heterocycles. The average Bonchev–Trinajstić information content (AvgIpc) is 3.25. The number of nitrogens with zero attached hydrogens (tertiary/aromatic N) is 5. The van der Waals surface area contributed by atoms with Crippen molar-refractivity contribution in [2.24, 2.45) is 0 Å². The lowest BCUT2D eigenvalue weighted by Gasteiger charge is -2.49. The zero-order valence-electron chi connectivity index (χ0n) is 19.8. The molecule has 3 heterocycles. The van der Waals surface area contributed by atoms with Crippen molar-refractivity contribution in [1.82, 2.24) is 29.7 Å². The molecule has 0 radical (unpaired) electrons. The Kier molecular flexibility index (Phi) is 6.17. The van der Waals surface area contributed by atoms with E-state index in [0.29, 0.717) is 18.1 Å². The highest BCUT2D eigenvalue weighted by Gasteiger charge is 2.39. The highest BCUT2D eigenvalue weighted by Crippen LogP contribution is 2.34. The van der Waals surface area contributed by atoms with Gasteiger partial charge in [-0.2, -0.15) is 0 Å². The van der Waals surface area contributed by atoms with E-state index >= 15 is 0 Å². The number of carbonyl (C=O) groups excluding carboxylic acids is 1. The van der Waals surface area contributed by atoms with Gasteiger partial charge in [-0.25, -0.2) is 9.97 Å².